The average molecular weight is 201 g/mol. The van der Waals surface area contributed by atoms with E-state index in [1.807, 2.05) is 18.3 Å². The summed E-state index contributed by atoms with van der Waals surface area (Å²) in [6, 6.07) is 6.30. The van der Waals surface area contributed by atoms with E-state index in [1.54, 1.807) is 0 Å². The van der Waals surface area contributed by atoms with Crippen LogP contribution in [-0.2, 0) is 0 Å². The van der Waals surface area contributed by atoms with Gasteiger partial charge in [0.25, 0.3) is 0 Å². The number of fused-ring (bicyclic) bond motifs is 1. The third-order valence-corrected chi connectivity index (χ3v) is 3.22. The van der Waals surface area contributed by atoms with Crippen LogP contribution in [-0.4, -0.2) is 9.38 Å². The van der Waals surface area contributed by atoms with Gasteiger partial charge in [-0.25, -0.2) is 4.98 Å². The summed E-state index contributed by atoms with van der Waals surface area (Å²) >= 11 is 0. The number of hydrogen-bond donors (Lipinski definition) is 1. The molecule has 1 unspecified atom stereocenters. The largest absolute Gasteiger partial charge is 0.322 e. The highest BCUT2D eigenvalue weighted by Gasteiger charge is 2.31. The summed E-state index contributed by atoms with van der Waals surface area (Å²) < 4.78 is 2.17. The van der Waals surface area contributed by atoms with Gasteiger partial charge in [-0.15, -0.1) is 0 Å². The van der Waals surface area contributed by atoms with Crippen LogP contribution in [0, 0.1) is 12.8 Å². The van der Waals surface area contributed by atoms with Crippen molar-refractivity contribution in [1.29, 1.82) is 0 Å². The highest BCUT2D eigenvalue weighted by Crippen LogP contribution is 2.39. The second-order valence-electron chi connectivity index (χ2n) is 4.41. The van der Waals surface area contributed by atoms with E-state index in [9.17, 15) is 0 Å². The normalized spacial score (nSPS) is 18.3. The fourth-order valence-electron chi connectivity index (χ4n) is 2.16. The molecule has 3 rings (SSSR count). The van der Waals surface area contributed by atoms with Crippen LogP contribution in [0.15, 0.2) is 24.4 Å². The molecule has 1 atom stereocenters. The van der Waals surface area contributed by atoms with E-state index in [0.29, 0.717) is 5.92 Å². The first-order chi connectivity index (χ1) is 7.27. The minimum absolute atomic E-state index is 0.154. The van der Waals surface area contributed by atoms with Gasteiger partial charge in [0.2, 0.25) is 0 Å². The molecule has 3 heteroatoms. The topological polar surface area (TPSA) is 43.3 Å². The van der Waals surface area contributed by atoms with Crippen molar-refractivity contribution in [3.63, 3.8) is 0 Å². The van der Waals surface area contributed by atoms with Crippen LogP contribution in [0.5, 0.6) is 0 Å². The van der Waals surface area contributed by atoms with Crippen molar-refractivity contribution < 1.29 is 0 Å². The molecule has 0 aliphatic heterocycles. The molecule has 1 aliphatic carbocycles. The Kier molecular flexibility index (Phi) is 1.83. The number of aromatic nitrogens is 2. The van der Waals surface area contributed by atoms with Gasteiger partial charge in [-0.3, -0.25) is 4.40 Å². The zero-order valence-corrected chi connectivity index (χ0v) is 8.85. The molecule has 2 aromatic rings. The predicted octanol–water partition coefficient (Wildman–Crippen LogP) is 2.05. The molecule has 0 saturated heterocycles. The number of imidazole rings is 1. The maximum absolute atomic E-state index is 6.22. The summed E-state index contributed by atoms with van der Waals surface area (Å²) in [5, 5.41) is 0. The van der Waals surface area contributed by atoms with Gasteiger partial charge < -0.3 is 5.73 Å². The number of hydrogen-bond acceptors (Lipinski definition) is 2. The van der Waals surface area contributed by atoms with E-state index in [4.69, 9.17) is 5.73 Å². The Morgan fingerprint density at radius 2 is 2.27 bits per heavy atom. The molecular weight excluding hydrogens is 186 g/mol. The zero-order chi connectivity index (χ0) is 10.4. The molecule has 1 saturated carbocycles. The van der Waals surface area contributed by atoms with E-state index in [2.05, 4.69) is 22.4 Å². The van der Waals surface area contributed by atoms with Crippen LogP contribution >= 0.6 is 0 Å². The van der Waals surface area contributed by atoms with Gasteiger partial charge in [-0.2, -0.15) is 0 Å². The molecule has 1 fully saturated rings. The Labute approximate surface area is 88.9 Å². The second-order valence-corrected chi connectivity index (χ2v) is 4.41. The number of nitrogens with zero attached hydrogens (tertiary/aromatic N) is 2. The van der Waals surface area contributed by atoms with Crippen molar-refractivity contribution in [3.8, 4) is 0 Å². The molecule has 0 bridgehead atoms. The lowest BCUT2D eigenvalue weighted by Crippen LogP contribution is -2.15. The van der Waals surface area contributed by atoms with Gasteiger partial charge in [0.05, 0.1) is 11.9 Å². The molecular formula is C12H15N3. The van der Waals surface area contributed by atoms with Crippen LogP contribution in [0.4, 0.5) is 0 Å². The molecule has 2 heterocycles. The van der Waals surface area contributed by atoms with Crippen LogP contribution in [0.2, 0.25) is 0 Å². The summed E-state index contributed by atoms with van der Waals surface area (Å²) in [6.45, 7) is 2.10. The van der Waals surface area contributed by atoms with Crippen molar-refractivity contribution in [2.24, 2.45) is 11.7 Å². The number of rotatable bonds is 2. The molecule has 2 aromatic heterocycles. The minimum atomic E-state index is 0.154. The standard InChI is InChI=1S/C12H15N3/c1-8-3-2-4-11-14-7-10(15(8)11)12(13)9-5-6-9/h2-4,7,9,12H,5-6,13H2,1H3. The van der Waals surface area contributed by atoms with Crippen molar-refractivity contribution >= 4 is 5.65 Å². The van der Waals surface area contributed by atoms with Crippen LogP contribution in [0.3, 0.4) is 0 Å². The highest BCUT2D eigenvalue weighted by molar-refractivity contribution is 5.43. The smallest absolute Gasteiger partial charge is 0.137 e. The zero-order valence-electron chi connectivity index (χ0n) is 8.85. The van der Waals surface area contributed by atoms with Gasteiger partial charge in [-0.05, 0) is 37.8 Å². The molecule has 1 aliphatic rings. The first-order valence-electron chi connectivity index (χ1n) is 5.46. The van der Waals surface area contributed by atoms with Gasteiger partial charge >= 0.3 is 0 Å². The first kappa shape index (κ1) is 8.92. The Bertz CT molecular complexity index is 497. The predicted molar refractivity (Wildman–Crippen MR) is 59.6 cm³/mol. The van der Waals surface area contributed by atoms with Gasteiger partial charge in [0, 0.05) is 11.7 Å². The molecule has 0 radical (unpaired) electrons. The van der Waals surface area contributed by atoms with E-state index in [0.717, 1.165) is 11.3 Å². The third-order valence-electron chi connectivity index (χ3n) is 3.22. The van der Waals surface area contributed by atoms with Gasteiger partial charge in [0.1, 0.15) is 5.65 Å². The van der Waals surface area contributed by atoms with E-state index < -0.39 is 0 Å². The molecule has 2 N–H and O–H groups in total. The second kappa shape index (κ2) is 3.07. The maximum atomic E-state index is 6.22. The Morgan fingerprint density at radius 1 is 1.47 bits per heavy atom. The molecule has 0 spiro atoms. The van der Waals surface area contributed by atoms with Gasteiger partial charge in [0.15, 0.2) is 0 Å². The van der Waals surface area contributed by atoms with E-state index >= 15 is 0 Å². The lowest BCUT2D eigenvalue weighted by atomic mass is 10.1. The summed E-state index contributed by atoms with van der Waals surface area (Å²) in [5.74, 6) is 0.671. The lowest BCUT2D eigenvalue weighted by Gasteiger charge is -2.11. The fraction of sp³-hybridized carbons (Fsp3) is 0.417. The Morgan fingerprint density at radius 3 is 3.00 bits per heavy atom. The van der Waals surface area contributed by atoms with E-state index in [-0.39, 0.29) is 6.04 Å². The minimum Gasteiger partial charge on any atom is -0.322 e. The fourth-order valence-corrected chi connectivity index (χ4v) is 2.16. The molecule has 3 nitrogen and oxygen atoms in total. The van der Waals surface area contributed by atoms with Crippen LogP contribution in [0.25, 0.3) is 5.65 Å². The van der Waals surface area contributed by atoms with E-state index in [1.165, 1.54) is 18.5 Å². The third kappa shape index (κ3) is 1.35. The Hall–Kier alpha value is -1.35. The molecule has 78 valence electrons. The Balaban J connectivity index is 2.17. The number of pyridine rings is 1. The van der Waals surface area contributed by atoms with Crippen LogP contribution in [0.1, 0.15) is 30.3 Å². The molecule has 0 aromatic carbocycles. The average Bonchev–Trinajstić information content (AvgIpc) is 2.98. The quantitative estimate of drug-likeness (QED) is 0.808. The lowest BCUT2D eigenvalue weighted by molar-refractivity contribution is 0.607. The van der Waals surface area contributed by atoms with Crippen LogP contribution < -0.4 is 5.73 Å². The molecule has 0 amide bonds. The van der Waals surface area contributed by atoms with Crippen molar-refractivity contribution in [2.75, 3.05) is 0 Å². The highest BCUT2D eigenvalue weighted by atomic mass is 15.0. The van der Waals surface area contributed by atoms with Gasteiger partial charge in [-0.1, -0.05) is 6.07 Å². The van der Waals surface area contributed by atoms with Crippen molar-refractivity contribution in [2.45, 2.75) is 25.8 Å². The molecule has 15 heavy (non-hydrogen) atoms. The SMILES string of the molecule is Cc1cccc2ncc(C(N)C3CC3)n12. The maximum Gasteiger partial charge on any atom is 0.137 e. The summed E-state index contributed by atoms with van der Waals surface area (Å²) in [7, 11) is 0. The summed E-state index contributed by atoms with van der Waals surface area (Å²) in [4.78, 5) is 4.39. The van der Waals surface area contributed by atoms with Crippen molar-refractivity contribution in [3.05, 3.63) is 35.8 Å². The monoisotopic (exact) mass is 201 g/mol. The summed E-state index contributed by atoms with van der Waals surface area (Å²) in [5.41, 5.74) is 9.58. The number of aryl methyl sites for hydroxylation is 1. The summed E-state index contributed by atoms with van der Waals surface area (Å²) in [6.07, 6.45) is 4.45. The van der Waals surface area contributed by atoms with Crippen molar-refractivity contribution in [1.82, 2.24) is 9.38 Å². The number of nitrogens with two attached hydrogens (primary N) is 1. The first-order valence-corrected chi connectivity index (χ1v) is 5.46.